The second kappa shape index (κ2) is 14.9. The quantitative estimate of drug-likeness (QED) is 0.369. The molecule has 0 bridgehead atoms. The molecular formula is C23H18N3O3-3. The van der Waals surface area contributed by atoms with Crippen LogP contribution in [0.15, 0.2) is 91.0 Å². The number of carbonyl (C=O) groups excluding carboxylic acids is 3. The molecule has 6 nitrogen and oxygen atoms in total. The van der Waals surface area contributed by atoms with Crippen LogP contribution in [0.3, 0.4) is 0 Å². The summed E-state index contributed by atoms with van der Waals surface area (Å²) in [5, 5.41) is 20.3. The van der Waals surface area contributed by atoms with E-state index in [9.17, 15) is 0 Å². The summed E-state index contributed by atoms with van der Waals surface area (Å²) in [6.45, 7) is 2.30. The van der Waals surface area contributed by atoms with Gasteiger partial charge in [0.05, 0.1) is 0 Å². The van der Waals surface area contributed by atoms with Crippen LogP contribution in [0.4, 0.5) is 0 Å². The molecule has 0 radical (unpaired) electrons. The zero-order valence-electron chi connectivity index (χ0n) is 15.7. The van der Waals surface area contributed by atoms with Gasteiger partial charge in [0.15, 0.2) is 0 Å². The lowest BCUT2D eigenvalue weighted by molar-refractivity contribution is 0.568. The third-order valence-corrected chi connectivity index (χ3v) is 4.05. The Morgan fingerprint density at radius 3 is 0.862 bits per heavy atom. The van der Waals surface area contributed by atoms with E-state index in [1.54, 1.807) is 0 Å². The molecule has 0 heterocycles. The van der Waals surface area contributed by atoms with Crippen LogP contribution in [0.1, 0.15) is 23.6 Å². The van der Waals surface area contributed by atoms with Crippen LogP contribution < -0.4 is 0 Å². The molecule has 0 aromatic heterocycles. The zero-order chi connectivity index (χ0) is 22.0. The molecule has 146 valence electrons. The summed E-state index contributed by atoms with van der Waals surface area (Å²) in [6, 6.07) is 32.1. The van der Waals surface area contributed by atoms with Crippen LogP contribution in [0.2, 0.25) is 0 Å². The summed E-state index contributed by atoms with van der Waals surface area (Å²) in [5.74, 6) is 0. The standard InChI is InChI=1S/C20H18.3CNO/c1-20(17-11-5-2-6-12-17,18-13-7-3-8-14-18)19-15-9-4-10-16-19;3*2-1-3/h2-16H,1H3;;;/q;3*-1. The molecule has 0 unspecified atom stereocenters. The number of isocyanates is 3. The van der Waals surface area contributed by atoms with Crippen molar-refractivity contribution in [1.29, 1.82) is 0 Å². The van der Waals surface area contributed by atoms with Gasteiger partial charge >= 0.3 is 0 Å². The van der Waals surface area contributed by atoms with Crippen molar-refractivity contribution in [3.8, 4) is 0 Å². The fourth-order valence-corrected chi connectivity index (χ4v) is 2.81. The minimum atomic E-state index is -0.121. The van der Waals surface area contributed by atoms with Crippen LogP contribution >= 0.6 is 0 Å². The normalized spacial score (nSPS) is 8.59. The predicted molar refractivity (Wildman–Crippen MR) is 112 cm³/mol. The molecular weight excluding hydrogens is 366 g/mol. The summed E-state index contributed by atoms with van der Waals surface area (Å²) in [4.78, 5) is 24.7. The average Bonchev–Trinajstić information content (AvgIpc) is 2.77. The first-order chi connectivity index (χ1) is 14.1. The van der Waals surface area contributed by atoms with Crippen LogP contribution in [-0.2, 0) is 19.8 Å². The second-order valence-electron chi connectivity index (χ2n) is 5.50. The van der Waals surface area contributed by atoms with Crippen molar-refractivity contribution in [2.75, 3.05) is 0 Å². The molecule has 0 fully saturated rings. The van der Waals surface area contributed by atoms with Gasteiger partial charge in [-0.3, -0.25) is 14.4 Å². The summed E-state index contributed by atoms with van der Waals surface area (Å²) in [7, 11) is 0. The van der Waals surface area contributed by atoms with E-state index >= 15 is 0 Å². The minimum Gasteiger partial charge on any atom is -0.724 e. The highest BCUT2D eigenvalue weighted by atomic mass is 16.1. The van der Waals surface area contributed by atoms with Gasteiger partial charge in [-0.1, -0.05) is 91.0 Å². The average molecular weight is 384 g/mol. The highest BCUT2D eigenvalue weighted by Crippen LogP contribution is 2.38. The lowest BCUT2D eigenvalue weighted by atomic mass is 9.71. The van der Waals surface area contributed by atoms with Crippen molar-refractivity contribution in [2.45, 2.75) is 12.3 Å². The molecule has 0 aliphatic carbocycles. The highest BCUT2D eigenvalue weighted by molar-refractivity contribution is 5.49. The molecule has 0 spiro atoms. The van der Waals surface area contributed by atoms with Gasteiger partial charge in [0.25, 0.3) is 0 Å². The zero-order valence-corrected chi connectivity index (χ0v) is 15.7. The van der Waals surface area contributed by atoms with Crippen LogP contribution in [0.25, 0.3) is 16.2 Å². The van der Waals surface area contributed by atoms with Gasteiger partial charge in [0, 0.05) is 5.41 Å². The van der Waals surface area contributed by atoms with Crippen LogP contribution in [0.5, 0.6) is 0 Å². The SMILES string of the molecule is CC(c1ccccc1)(c1ccccc1)c1ccccc1.[N-]=C=O.[N-]=C=O.[N-]=C=O. The Balaban J connectivity index is 0.000000749. The van der Waals surface area contributed by atoms with Gasteiger partial charge in [-0.25, -0.2) is 0 Å². The topological polar surface area (TPSA) is 118 Å². The molecule has 0 amide bonds. The molecule has 0 aliphatic rings. The largest absolute Gasteiger partial charge is 0.724 e. The molecule has 0 aliphatic heterocycles. The number of hydrogen-bond donors (Lipinski definition) is 0. The van der Waals surface area contributed by atoms with Gasteiger partial charge in [-0.2, -0.15) is 0 Å². The Hall–Kier alpha value is -4.20. The Morgan fingerprint density at radius 2 is 0.690 bits per heavy atom. The minimum absolute atomic E-state index is 0.121. The molecule has 0 saturated carbocycles. The van der Waals surface area contributed by atoms with Gasteiger partial charge in [0.2, 0.25) is 0 Å². The van der Waals surface area contributed by atoms with E-state index < -0.39 is 0 Å². The van der Waals surface area contributed by atoms with Gasteiger partial charge in [-0.05, 0) is 41.9 Å². The lowest BCUT2D eigenvalue weighted by Gasteiger charge is -2.31. The molecule has 3 rings (SSSR count). The first-order valence-corrected chi connectivity index (χ1v) is 8.27. The van der Waals surface area contributed by atoms with Crippen molar-refractivity contribution >= 4 is 18.2 Å². The Kier molecular flexibility index (Phi) is 12.8. The maximum atomic E-state index is 8.24. The van der Waals surface area contributed by atoms with Crippen molar-refractivity contribution in [3.05, 3.63) is 124 Å². The Morgan fingerprint density at radius 1 is 0.517 bits per heavy atom. The molecule has 0 N–H and O–H groups in total. The van der Waals surface area contributed by atoms with Gasteiger partial charge in [-0.15, -0.1) is 0 Å². The smallest absolute Gasteiger partial charge is 0.0423 e. The summed E-state index contributed by atoms with van der Waals surface area (Å²) in [5.41, 5.74) is 3.83. The van der Waals surface area contributed by atoms with Crippen LogP contribution in [-0.4, -0.2) is 18.2 Å². The van der Waals surface area contributed by atoms with E-state index in [1.165, 1.54) is 16.7 Å². The van der Waals surface area contributed by atoms with E-state index in [-0.39, 0.29) is 5.41 Å². The van der Waals surface area contributed by atoms with Crippen molar-refractivity contribution in [3.63, 3.8) is 0 Å². The number of nitrogens with zero attached hydrogens (tertiary/aromatic N) is 3. The van der Waals surface area contributed by atoms with Crippen molar-refractivity contribution in [2.24, 2.45) is 0 Å². The first-order valence-electron chi connectivity index (χ1n) is 8.27. The van der Waals surface area contributed by atoms with E-state index in [4.69, 9.17) is 30.6 Å². The maximum absolute atomic E-state index is 8.24. The van der Waals surface area contributed by atoms with Crippen molar-refractivity contribution in [1.82, 2.24) is 0 Å². The third-order valence-electron chi connectivity index (χ3n) is 4.05. The molecule has 0 atom stereocenters. The van der Waals surface area contributed by atoms with E-state index in [1.807, 2.05) is 0 Å². The second-order valence-corrected chi connectivity index (χ2v) is 5.50. The fraction of sp³-hybridized carbons (Fsp3) is 0.0870. The monoisotopic (exact) mass is 384 g/mol. The van der Waals surface area contributed by atoms with Gasteiger partial charge < -0.3 is 16.2 Å². The Bertz CT molecular complexity index is 800. The predicted octanol–water partition coefficient (Wildman–Crippen LogP) is 4.72. The Labute approximate surface area is 169 Å². The number of benzene rings is 3. The van der Waals surface area contributed by atoms with E-state index in [0.29, 0.717) is 18.2 Å². The third kappa shape index (κ3) is 7.92. The highest BCUT2D eigenvalue weighted by Gasteiger charge is 2.30. The van der Waals surface area contributed by atoms with Crippen LogP contribution in [0, 0.1) is 0 Å². The van der Waals surface area contributed by atoms with Crippen molar-refractivity contribution < 1.29 is 14.4 Å². The molecule has 29 heavy (non-hydrogen) atoms. The summed E-state index contributed by atoms with van der Waals surface area (Å²) >= 11 is 0. The summed E-state index contributed by atoms with van der Waals surface area (Å²) < 4.78 is 0. The molecule has 3 aromatic rings. The molecule has 0 saturated heterocycles. The lowest BCUT2D eigenvalue weighted by Crippen LogP contribution is -2.25. The maximum Gasteiger partial charge on any atom is 0.0423 e. The van der Waals surface area contributed by atoms with Gasteiger partial charge in [0.1, 0.15) is 0 Å². The molecule has 6 heteroatoms. The summed E-state index contributed by atoms with van der Waals surface area (Å²) in [6.07, 6.45) is 1.50. The first kappa shape index (κ1) is 24.8. The van der Waals surface area contributed by atoms with E-state index in [2.05, 4.69) is 97.9 Å². The van der Waals surface area contributed by atoms with E-state index in [0.717, 1.165) is 0 Å². The fourth-order valence-electron chi connectivity index (χ4n) is 2.81. The molecule has 3 aromatic carbocycles. The number of rotatable bonds is 3. The number of hydrogen-bond acceptors (Lipinski definition) is 3.